The van der Waals surface area contributed by atoms with Crippen LogP contribution < -0.4 is 5.32 Å². The van der Waals surface area contributed by atoms with Crippen molar-refractivity contribution in [1.29, 1.82) is 0 Å². The number of nitrogens with two attached hydrogens (primary N) is 1. The summed E-state index contributed by atoms with van der Waals surface area (Å²) in [6.07, 6.45) is 5.42. The molecule has 0 aromatic rings. The van der Waals surface area contributed by atoms with E-state index < -0.39 is 0 Å². The minimum absolute atomic E-state index is 0.00926. The van der Waals surface area contributed by atoms with Crippen LogP contribution in [0, 0.1) is 0 Å². The van der Waals surface area contributed by atoms with Crippen LogP contribution in [0.4, 0.5) is 0 Å². The summed E-state index contributed by atoms with van der Waals surface area (Å²) in [7, 11) is 0. The Balaban J connectivity index is 2.22. The minimum atomic E-state index is -0.00926. The molecule has 3 heteroatoms. The fourth-order valence-electron chi connectivity index (χ4n) is 1.87. The van der Waals surface area contributed by atoms with Gasteiger partial charge in [-0.25, -0.2) is 4.79 Å². The lowest BCUT2D eigenvalue weighted by Crippen LogP contribution is -2.97. The first kappa shape index (κ1) is 11.5. The van der Waals surface area contributed by atoms with Crippen LogP contribution in [0.25, 0.3) is 0 Å². The van der Waals surface area contributed by atoms with Gasteiger partial charge in [0.15, 0.2) is 6.04 Å². The summed E-state index contributed by atoms with van der Waals surface area (Å²) in [6, 6.07) is 0.642. The molecule has 2 N–H and O–H groups in total. The first-order valence-electron chi connectivity index (χ1n) is 5.75. The molecule has 1 fully saturated rings. The third kappa shape index (κ3) is 3.66. The summed E-state index contributed by atoms with van der Waals surface area (Å²) < 4.78 is 5.20. The Kier molecular flexibility index (Phi) is 4.94. The number of rotatable bonds is 4. The van der Waals surface area contributed by atoms with Crippen molar-refractivity contribution >= 4 is 5.97 Å². The smallest absolute Gasteiger partial charge is 0.364 e. The molecule has 1 saturated heterocycles. The summed E-state index contributed by atoms with van der Waals surface area (Å²) in [4.78, 5) is 11.6. The van der Waals surface area contributed by atoms with Crippen molar-refractivity contribution < 1.29 is 14.8 Å². The van der Waals surface area contributed by atoms with E-state index in [0.29, 0.717) is 12.6 Å². The van der Waals surface area contributed by atoms with Gasteiger partial charge in [0.05, 0.1) is 12.6 Å². The van der Waals surface area contributed by atoms with Crippen molar-refractivity contribution in [1.82, 2.24) is 0 Å². The molecule has 14 heavy (non-hydrogen) atoms. The number of carbonyl (C=O) groups is 1. The van der Waals surface area contributed by atoms with E-state index in [4.69, 9.17) is 4.74 Å². The van der Waals surface area contributed by atoms with Crippen LogP contribution in [0.15, 0.2) is 0 Å². The lowest BCUT2D eigenvalue weighted by molar-refractivity contribution is -0.716. The predicted molar refractivity (Wildman–Crippen MR) is 54.9 cm³/mol. The van der Waals surface area contributed by atoms with Gasteiger partial charge in [0.25, 0.3) is 0 Å². The summed E-state index contributed by atoms with van der Waals surface area (Å²) in [6.45, 7) is 4.86. The molecule has 0 aliphatic carbocycles. The number of quaternary nitrogens is 1. The predicted octanol–water partition coefficient (Wildman–Crippen LogP) is 0.834. The quantitative estimate of drug-likeness (QED) is 0.539. The number of unbranched alkanes of at least 4 members (excludes halogenated alkanes) is 1. The van der Waals surface area contributed by atoms with Gasteiger partial charge < -0.3 is 10.1 Å². The third-order valence-electron chi connectivity index (χ3n) is 2.78. The van der Waals surface area contributed by atoms with E-state index in [1.54, 1.807) is 0 Å². The molecule has 0 saturated carbocycles. The van der Waals surface area contributed by atoms with Crippen molar-refractivity contribution in [2.75, 3.05) is 6.61 Å². The van der Waals surface area contributed by atoms with Gasteiger partial charge in [-0.1, -0.05) is 13.3 Å². The molecule has 3 nitrogen and oxygen atoms in total. The van der Waals surface area contributed by atoms with E-state index >= 15 is 0 Å². The second-order valence-corrected chi connectivity index (χ2v) is 4.23. The van der Waals surface area contributed by atoms with Gasteiger partial charge in [-0.05, 0) is 26.2 Å². The highest BCUT2D eigenvalue weighted by molar-refractivity contribution is 5.74. The molecule has 1 heterocycles. The summed E-state index contributed by atoms with van der Waals surface area (Å²) in [5, 5.41) is 2.15. The first-order valence-corrected chi connectivity index (χ1v) is 5.75. The van der Waals surface area contributed by atoms with Crippen molar-refractivity contribution in [3.05, 3.63) is 0 Å². The topological polar surface area (TPSA) is 42.9 Å². The number of esters is 1. The van der Waals surface area contributed by atoms with Gasteiger partial charge >= 0.3 is 5.97 Å². The van der Waals surface area contributed by atoms with Crippen LogP contribution in [0.5, 0.6) is 0 Å². The number of hydrogen-bond donors (Lipinski definition) is 1. The lowest BCUT2D eigenvalue weighted by Gasteiger charge is -2.23. The van der Waals surface area contributed by atoms with Crippen molar-refractivity contribution in [2.45, 2.75) is 58.0 Å². The monoisotopic (exact) mass is 200 g/mol. The zero-order valence-corrected chi connectivity index (χ0v) is 9.29. The highest BCUT2D eigenvalue weighted by atomic mass is 16.5. The number of piperidine rings is 1. The van der Waals surface area contributed by atoms with Crippen molar-refractivity contribution in [2.24, 2.45) is 0 Å². The SMILES string of the molecule is CCCCOC(=O)[C@H]1CCC[C@H](C)[NH2+]1. The van der Waals surface area contributed by atoms with Crippen molar-refractivity contribution in [3.63, 3.8) is 0 Å². The third-order valence-corrected chi connectivity index (χ3v) is 2.78. The Morgan fingerprint density at radius 2 is 2.29 bits per heavy atom. The molecule has 0 amide bonds. The molecule has 1 aliphatic heterocycles. The zero-order chi connectivity index (χ0) is 10.4. The highest BCUT2D eigenvalue weighted by Crippen LogP contribution is 2.07. The van der Waals surface area contributed by atoms with Gasteiger partial charge in [-0.2, -0.15) is 0 Å². The molecule has 0 radical (unpaired) electrons. The van der Waals surface area contributed by atoms with Crippen LogP contribution in [-0.4, -0.2) is 24.7 Å². The number of carbonyl (C=O) groups excluding carboxylic acids is 1. The fourth-order valence-corrected chi connectivity index (χ4v) is 1.87. The maximum atomic E-state index is 11.6. The van der Waals surface area contributed by atoms with Gasteiger partial charge in [0, 0.05) is 6.42 Å². The van der Waals surface area contributed by atoms with E-state index in [-0.39, 0.29) is 12.0 Å². The molecule has 1 rings (SSSR count). The maximum Gasteiger partial charge on any atom is 0.364 e. The average Bonchev–Trinajstić information content (AvgIpc) is 2.18. The van der Waals surface area contributed by atoms with E-state index in [0.717, 1.165) is 25.7 Å². The number of ether oxygens (including phenoxy) is 1. The van der Waals surface area contributed by atoms with Gasteiger partial charge in [-0.15, -0.1) is 0 Å². The first-order chi connectivity index (χ1) is 6.74. The van der Waals surface area contributed by atoms with Crippen LogP contribution in [-0.2, 0) is 9.53 Å². The largest absolute Gasteiger partial charge is 0.461 e. The molecular weight excluding hydrogens is 178 g/mol. The van der Waals surface area contributed by atoms with Gasteiger partial charge in [0.2, 0.25) is 0 Å². The molecule has 0 unspecified atom stereocenters. The molecule has 0 bridgehead atoms. The van der Waals surface area contributed by atoms with E-state index in [1.165, 1.54) is 6.42 Å². The summed E-state index contributed by atoms with van der Waals surface area (Å²) >= 11 is 0. The zero-order valence-electron chi connectivity index (χ0n) is 9.29. The Morgan fingerprint density at radius 3 is 2.93 bits per heavy atom. The van der Waals surface area contributed by atoms with Crippen LogP contribution in [0.3, 0.4) is 0 Å². The molecule has 0 spiro atoms. The lowest BCUT2D eigenvalue weighted by atomic mass is 10.00. The molecule has 0 aromatic carbocycles. The second kappa shape index (κ2) is 6.02. The minimum Gasteiger partial charge on any atom is -0.461 e. The molecule has 1 aliphatic rings. The Bertz CT molecular complexity index is 182. The fraction of sp³-hybridized carbons (Fsp3) is 0.909. The van der Waals surface area contributed by atoms with Crippen LogP contribution in [0.2, 0.25) is 0 Å². The maximum absolute atomic E-state index is 11.6. The van der Waals surface area contributed by atoms with E-state index in [1.807, 2.05) is 0 Å². The van der Waals surface area contributed by atoms with E-state index in [2.05, 4.69) is 19.2 Å². The van der Waals surface area contributed by atoms with Gasteiger partial charge in [-0.3, -0.25) is 0 Å². The Morgan fingerprint density at radius 1 is 1.50 bits per heavy atom. The second-order valence-electron chi connectivity index (χ2n) is 4.23. The summed E-state index contributed by atoms with van der Waals surface area (Å²) in [5.41, 5.74) is 0. The van der Waals surface area contributed by atoms with E-state index in [9.17, 15) is 4.79 Å². The van der Waals surface area contributed by atoms with Gasteiger partial charge in [0.1, 0.15) is 0 Å². The van der Waals surface area contributed by atoms with Crippen LogP contribution in [0.1, 0.15) is 46.0 Å². The highest BCUT2D eigenvalue weighted by Gasteiger charge is 2.29. The molecular formula is C11H22NO2+. The summed E-state index contributed by atoms with van der Waals surface area (Å²) in [5.74, 6) is -0.00926. The molecule has 82 valence electrons. The van der Waals surface area contributed by atoms with Crippen molar-refractivity contribution in [3.8, 4) is 0 Å². The number of hydrogen-bond acceptors (Lipinski definition) is 2. The normalized spacial score (nSPS) is 27.3. The average molecular weight is 200 g/mol. The Labute approximate surface area is 86.2 Å². The molecule has 2 atom stereocenters. The standard InChI is InChI=1S/C11H21NO2/c1-3-4-8-14-11(13)10-7-5-6-9(2)12-10/h9-10,12H,3-8H2,1-2H3/p+1/t9-,10+/m0/s1. The van der Waals surface area contributed by atoms with Crippen LogP contribution >= 0.6 is 0 Å². The Hall–Kier alpha value is -0.570. The molecule has 0 aromatic heterocycles.